The van der Waals surface area contributed by atoms with Crippen LogP contribution in [0.2, 0.25) is 0 Å². The molecule has 0 spiro atoms. The summed E-state index contributed by atoms with van der Waals surface area (Å²) in [5, 5.41) is 54.4. The van der Waals surface area contributed by atoms with Crippen LogP contribution in [0, 0.1) is 0 Å². The molecule has 1 saturated heterocycles. The number of allylic oxidation sites excluding steroid dienone is 17. The fourth-order valence-corrected chi connectivity index (χ4v) is 8.13. The third-order valence-electron chi connectivity index (χ3n) is 12.6. The van der Waals surface area contributed by atoms with Crippen LogP contribution in [-0.4, -0.2) is 87.5 Å². The molecule has 9 nitrogen and oxygen atoms in total. The molecule has 0 saturated carbocycles. The van der Waals surface area contributed by atoms with Gasteiger partial charge in [0, 0.05) is 6.42 Å². The molecule has 0 bridgehead atoms. The largest absolute Gasteiger partial charge is 0.394 e. The van der Waals surface area contributed by atoms with Gasteiger partial charge < -0.3 is 40.3 Å². The number of carbonyl (C=O) groups is 1. The molecule has 1 amide bonds. The Balaban J connectivity index is 2.33. The Bertz CT molecular complexity index is 1460. The van der Waals surface area contributed by atoms with E-state index in [1.807, 2.05) is 6.08 Å². The van der Waals surface area contributed by atoms with Gasteiger partial charge in [-0.25, -0.2) is 0 Å². The fourth-order valence-electron chi connectivity index (χ4n) is 8.13. The summed E-state index contributed by atoms with van der Waals surface area (Å²) in [7, 11) is 0. The van der Waals surface area contributed by atoms with E-state index in [1.54, 1.807) is 6.08 Å². The van der Waals surface area contributed by atoms with Gasteiger partial charge in [0.15, 0.2) is 6.29 Å². The summed E-state index contributed by atoms with van der Waals surface area (Å²) in [6.45, 7) is 3.61. The van der Waals surface area contributed by atoms with E-state index in [9.17, 15) is 30.3 Å². The number of aliphatic hydroxyl groups is 5. The van der Waals surface area contributed by atoms with Crippen molar-refractivity contribution in [3.63, 3.8) is 0 Å². The van der Waals surface area contributed by atoms with Gasteiger partial charge in [0.1, 0.15) is 24.4 Å². The Hall–Kier alpha value is -3.15. The monoisotopic (exact) mass is 978 g/mol. The zero-order valence-corrected chi connectivity index (χ0v) is 44.2. The number of unbranched alkanes of at least 4 members (excludes halogenated alkanes) is 20. The first-order chi connectivity index (χ1) is 34.3. The van der Waals surface area contributed by atoms with Gasteiger partial charge in [-0.05, 0) is 96.3 Å². The lowest BCUT2D eigenvalue weighted by Gasteiger charge is -2.40. The molecule has 400 valence electrons. The molecule has 1 heterocycles. The van der Waals surface area contributed by atoms with Crippen molar-refractivity contribution in [2.24, 2.45) is 0 Å². The van der Waals surface area contributed by atoms with Crippen LogP contribution in [0.25, 0.3) is 0 Å². The molecule has 0 aromatic carbocycles. The van der Waals surface area contributed by atoms with Crippen molar-refractivity contribution < 1.29 is 39.8 Å². The highest BCUT2D eigenvalue weighted by atomic mass is 16.7. The van der Waals surface area contributed by atoms with Crippen LogP contribution < -0.4 is 5.32 Å². The maximum Gasteiger partial charge on any atom is 0.220 e. The van der Waals surface area contributed by atoms with Crippen molar-refractivity contribution >= 4 is 5.91 Å². The van der Waals surface area contributed by atoms with E-state index in [0.717, 1.165) is 77.0 Å². The third-order valence-corrected chi connectivity index (χ3v) is 12.6. The molecule has 9 heteroatoms. The van der Waals surface area contributed by atoms with E-state index >= 15 is 0 Å². The van der Waals surface area contributed by atoms with Crippen LogP contribution in [0.5, 0.6) is 0 Å². The molecule has 1 fully saturated rings. The van der Waals surface area contributed by atoms with E-state index < -0.39 is 49.5 Å². The van der Waals surface area contributed by atoms with Crippen molar-refractivity contribution in [3.05, 3.63) is 109 Å². The van der Waals surface area contributed by atoms with Gasteiger partial charge in [-0.3, -0.25) is 4.79 Å². The molecule has 1 rings (SSSR count). The summed E-state index contributed by atoms with van der Waals surface area (Å²) in [6, 6.07) is -0.860. The molecule has 0 aliphatic carbocycles. The standard InChI is InChI=1S/C61H103NO8/c1-3-5-7-9-11-13-15-17-19-21-23-25-26-27-28-29-31-32-34-36-38-40-42-44-46-48-50-55(64)54(53-69-61-60(68)59(67)58(66)56(52-63)70-61)62-57(65)51-49-47-45-43-41-39-37-35-33-30-24-22-20-18-16-14-12-10-8-6-4-2/h6,8,12,14,18,20,24,30,32,34-35,37,40-43,48,50,54-56,58-61,63-64,66-68H,3-5,7,9-11,13,15-17,19,21-23,25-29,31,33,36,38-39,44-47,49,51-53H2,1-2H3,(H,62,65)/b8-6-,14-12-,20-18-,30-24-,34-32+,37-35-,42-40+,43-41-,50-48+. The molecule has 6 N–H and O–H groups in total. The van der Waals surface area contributed by atoms with Crippen LogP contribution >= 0.6 is 0 Å². The molecule has 70 heavy (non-hydrogen) atoms. The first kappa shape index (κ1) is 64.9. The average molecular weight is 978 g/mol. The second kappa shape index (κ2) is 49.4. The number of ether oxygens (including phenoxy) is 2. The topological polar surface area (TPSA) is 149 Å². The van der Waals surface area contributed by atoms with Gasteiger partial charge in [-0.2, -0.15) is 0 Å². The summed E-state index contributed by atoms with van der Waals surface area (Å²) in [5.74, 6) is -0.236. The number of hydrogen-bond acceptors (Lipinski definition) is 8. The Morgan fingerprint density at radius 1 is 0.500 bits per heavy atom. The highest BCUT2D eigenvalue weighted by molar-refractivity contribution is 5.76. The lowest BCUT2D eigenvalue weighted by Crippen LogP contribution is -2.60. The summed E-state index contributed by atoms with van der Waals surface area (Å²) in [6.07, 6.45) is 65.8. The van der Waals surface area contributed by atoms with Crippen molar-refractivity contribution in [1.82, 2.24) is 5.32 Å². The summed E-state index contributed by atoms with van der Waals surface area (Å²) in [4.78, 5) is 13.0. The van der Waals surface area contributed by atoms with Crippen molar-refractivity contribution in [1.29, 1.82) is 0 Å². The molecule has 7 unspecified atom stereocenters. The van der Waals surface area contributed by atoms with Gasteiger partial charge in [0.25, 0.3) is 0 Å². The molecule has 0 aromatic heterocycles. The summed E-state index contributed by atoms with van der Waals surface area (Å²) < 4.78 is 11.2. The lowest BCUT2D eigenvalue weighted by molar-refractivity contribution is -0.302. The molecular weight excluding hydrogens is 875 g/mol. The number of aliphatic hydroxyl groups excluding tert-OH is 5. The number of nitrogens with one attached hydrogen (secondary N) is 1. The molecule has 1 aliphatic heterocycles. The fraction of sp³-hybridized carbons (Fsp3) is 0.689. The Morgan fingerprint density at radius 2 is 0.900 bits per heavy atom. The van der Waals surface area contributed by atoms with Crippen LogP contribution in [0.15, 0.2) is 109 Å². The zero-order valence-electron chi connectivity index (χ0n) is 44.2. The number of carbonyl (C=O) groups excluding carboxylic acids is 1. The highest BCUT2D eigenvalue weighted by Gasteiger charge is 2.44. The first-order valence-electron chi connectivity index (χ1n) is 28.1. The van der Waals surface area contributed by atoms with Crippen LogP contribution in [-0.2, 0) is 14.3 Å². The highest BCUT2D eigenvalue weighted by Crippen LogP contribution is 2.23. The summed E-state index contributed by atoms with van der Waals surface area (Å²) in [5.41, 5.74) is 0. The maximum absolute atomic E-state index is 13.0. The van der Waals surface area contributed by atoms with Crippen LogP contribution in [0.4, 0.5) is 0 Å². The van der Waals surface area contributed by atoms with Gasteiger partial charge in [0.05, 0.1) is 25.4 Å². The van der Waals surface area contributed by atoms with E-state index in [1.165, 1.54) is 103 Å². The van der Waals surface area contributed by atoms with E-state index in [4.69, 9.17) is 9.47 Å². The Morgan fingerprint density at radius 3 is 1.37 bits per heavy atom. The minimum absolute atomic E-state index is 0.231. The van der Waals surface area contributed by atoms with E-state index in [2.05, 4.69) is 116 Å². The number of hydrogen-bond donors (Lipinski definition) is 6. The quantitative estimate of drug-likeness (QED) is 0.0261. The van der Waals surface area contributed by atoms with E-state index in [-0.39, 0.29) is 18.9 Å². The summed E-state index contributed by atoms with van der Waals surface area (Å²) >= 11 is 0. The van der Waals surface area contributed by atoms with Crippen LogP contribution in [0.3, 0.4) is 0 Å². The van der Waals surface area contributed by atoms with Gasteiger partial charge in [0.2, 0.25) is 5.91 Å². The molecule has 7 atom stereocenters. The zero-order chi connectivity index (χ0) is 50.8. The van der Waals surface area contributed by atoms with E-state index in [0.29, 0.717) is 12.8 Å². The Labute approximate surface area is 427 Å². The van der Waals surface area contributed by atoms with Crippen molar-refractivity contribution in [2.45, 2.75) is 256 Å². The van der Waals surface area contributed by atoms with Gasteiger partial charge in [-0.15, -0.1) is 0 Å². The second-order valence-corrected chi connectivity index (χ2v) is 19.0. The maximum atomic E-state index is 13.0. The lowest BCUT2D eigenvalue weighted by atomic mass is 9.99. The average Bonchev–Trinajstić information content (AvgIpc) is 3.36. The van der Waals surface area contributed by atoms with Crippen LogP contribution in [0.1, 0.15) is 213 Å². The SMILES string of the molecule is CC/C=C\C/C=C\C/C=C\C/C=C\C/C=C\C/C=C\CCCCC(=O)NC(COC1OC(CO)C(O)C(O)C1O)C(O)/C=C/CC/C=C/CC/C=C/CCCCCCCCCCCCCCCCCC. The van der Waals surface area contributed by atoms with Gasteiger partial charge >= 0.3 is 0 Å². The van der Waals surface area contributed by atoms with Crippen molar-refractivity contribution in [2.75, 3.05) is 13.2 Å². The van der Waals surface area contributed by atoms with Gasteiger partial charge in [-0.1, -0.05) is 220 Å². The molecule has 1 aliphatic rings. The smallest absolute Gasteiger partial charge is 0.220 e. The number of amides is 1. The normalized spacial score (nSPS) is 20.2. The van der Waals surface area contributed by atoms with Crippen molar-refractivity contribution in [3.8, 4) is 0 Å². The molecular formula is C61H103NO8. The molecule has 0 radical (unpaired) electrons. The minimum atomic E-state index is -1.59. The minimum Gasteiger partial charge on any atom is -0.394 e. The predicted molar refractivity (Wildman–Crippen MR) is 294 cm³/mol. The molecule has 0 aromatic rings. The first-order valence-corrected chi connectivity index (χ1v) is 28.1. The number of rotatable bonds is 46. The predicted octanol–water partition coefficient (Wildman–Crippen LogP) is 13.8. The second-order valence-electron chi connectivity index (χ2n) is 19.0. The third kappa shape index (κ3) is 38.5. The Kier molecular flexibility index (Phi) is 45.8.